The van der Waals surface area contributed by atoms with Gasteiger partial charge in [0.2, 0.25) is 5.88 Å². The van der Waals surface area contributed by atoms with E-state index in [1.54, 1.807) is 6.20 Å². The zero-order valence-electron chi connectivity index (χ0n) is 10.00. The van der Waals surface area contributed by atoms with Gasteiger partial charge in [0.1, 0.15) is 0 Å². The molecule has 0 saturated carbocycles. The molecule has 4 heteroatoms. The molecule has 0 aliphatic carbocycles. The fourth-order valence-corrected chi connectivity index (χ4v) is 1.88. The molecule has 89 valence electrons. The van der Waals surface area contributed by atoms with E-state index in [4.69, 9.17) is 4.74 Å². The third kappa shape index (κ3) is 1.82. The molecule has 0 unspecified atom stereocenters. The number of benzene rings is 1. The summed E-state index contributed by atoms with van der Waals surface area (Å²) in [5, 5.41) is 5.44. The highest BCUT2D eigenvalue weighted by Crippen LogP contribution is 2.19. The van der Waals surface area contributed by atoms with Crippen LogP contribution in [0.5, 0.6) is 5.88 Å². The van der Waals surface area contributed by atoms with Crippen LogP contribution in [0.3, 0.4) is 0 Å². The highest BCUT2D eigenvalue weighted by atomic mass is 16.5. The smallest absolute Gasteiger partial charge is 0.215 e. The molecule has 2 heterocycles. The molecule has 1 aromatic carbocycles. The van der Waals surface area contributed by atoms with E-state index in [1.165, 1.54) is 0 Å². The first-order chi connectivity index (χ1) is 8.88. The summed E-state index contributed by atoms with van der Waals surface area (Å²) in [6.07, 6.45) is 3.55. The SMILES string of the molecule is CCOc1cc(-n2ncc3c[c]ccc32)ccn1. The maximum atomic E-state index is 5.40. The Morgan fingerprint density at radius 3 is 3.22 bits per heavy atom. The summed E-state index contributed by atoms with van der Waals surface area (Å²) in [6, 6.07) is 12.6. The number of ether oxygens (including phenoxy) is 1. The van der Waals surface area contributed by atoms with Gasteiger partial charge in [0, 0.05) is 17.6 Å². The molecule has 0 saturated heterocycles. The molecule has 0 fully saturated rings. The van der Waals surface area contributed by atoms with E-state index < -0.39 is 0 Å². The van der Waals surface area contributed by atoms with Crippen molar-refractivity contribution in [2.24, 2.45) is 0 Å². The monoisotopic (exact) mass is 238 g/mol. The summed E-state index contributed by atoms with van der Waals surface area (Å²) in [5.41, 5.74) is 1.98. The highest BCUT2D eigenvalue weighted by molar-refractivity contribution is 5.79. The molecule has 18 heavy (non-hydrogen) atoms. The second-order valence-corrected chi connectivity index (χ2v) is 3.83. The summed E-state index contributed by atoms with van der Waals surface area (Å²) >= 11 is 0. The van der Waals surface area contributed by atoms with Gasteiger partial charge in [0.05, 0.1) is 24.0 Å². The summed E-state index contributed by atoms with van der Waals surface area (Å²) in [5.74, 6) is 0.612. The van der Waals surface area contributed by atoms with Crippen molar-refractivity contribution in [1.29, 1.82) is 0 Å². The van der Waals surface area contributed by atoms with Crippen molar-refractivity contribution in [2.75, 3.05) is 6.61 Å². The number of hydrogen-bond donors (Lipinski definition) is 0. The Morgan fingerprint density at radius 1 is 1.39 bits per heavy atom. The van der Waals surface area contributed by atoms with Crippen molar-refractivity contribution in [3.8, 4) is 11.6 Å². The maximum absolute atomic E-state index is 5.40. The Hall–Kier alpha value is -2.36. The van der Waals surface area contributed by atoms with Gasteiger partial charge >= 0.3 is 0 Å². The molecule has 0 aliphatic rings. The summed E-state index contributed by atoms with van der Waals surface area (Å²) in [7, 11) is 0. The van der Waals surface area contributed by atoms with Gasteiger partial charge in [0.25, 0.3) is 0 Å². The van der Waals surface area contributed by atoms with Crippen LogP contribution in [0.2, 0.25) is 0 Å². The molecular weight excluding hydrogens is 226 g/mol. The summed E-state index contributed by atoms with van der Waals surface area (Å²) < 4.78 is 7.27. The largest absolute Gasteiger partial charge is 0.478 e. The second kappa shape index (κ2) is 4.49. The number of rotatable bonds is 3. The lowest BCUT2D eigenvalue weighted by molar-refractivity contribution is 0.326. The molecule has 3 rings (SSSR count). The van der Waals surface area contributed by atoms with Crippen molar-refractivity contribution in [1.82, 2.24) is 14.8 Å². The molecule has 0 spiro atoms. The Morgan fingerprint density at radius 2 is 2.33 bits per heavy atom. The topological polar surface area (TPSA) is 39.9 Å². The van der Waals surface area contributed by atoms with E-state index in [9.17, 15) is 0 Å². The van der Waals surface area contributed by atoms with Gasteiger partial charge in [-0.15, -0.1) is 0 Å². The van der Waals surface area contributed by atoms with E-state index in [2.05, 4.69) is 16.1 Å². The van der Waals surface area contributed by atoms with Crippen LogP contribution in [0.4, 0.5) is 0 Å². The molecule has 0 aliphatic heterocycles. The maximum Gasteiger partial charge on any atom is 0.215 e. The van der Waals surface area contributed by atoms with Crippen LogP contribution < -0.4 is 4.74 Å². The third-order valence-electron chi connectivity index (χ3n) is 2.67. The Balaban J connectivity index is 2.11. The number of nitrogens with zero attached hydrogens (tertiary/aromatic N) is 3. The first-order valence-corrected chi connectivity index (χ1v) is 5.81. The minimum absolute atomic E-state index is 0.602. The van der Waals surface area contributed by atoms with Crippen molar-refractivity contribution < 1.29 is 4.74 Å². The minimum atomic E-state index is 0.602. The molecule has 2 aromatic heterocycles. The average molecular weight is 238 g/mol. The standard InChI is InChI=1S/C14H12N3O/c1-2-18-14-9-12(7-8-15-14)17-13-6-4-3-5-11(13)10-16-17/h4-10H,2H2,1H3. The minimum Gasteiger partial charge on any atom is -0.478 e. The van der Waals surface area contributed by atoms with E-state index in [-0.39, 0.29) is 0 Å². The Labute approximate surface area is 105 Å². The average Bonchev–Trinajstić information content (AvgIpc) is 2.83. The lowest BCUT2D eigenvalue weighted by Crippen LogP contribution is -1.99. The van der Waals surface area contributed by atoms with Crippen molar-refractivity contribution in [2.45, 2.75) is 6.92 Å². The van der Waals surface area contributed by atoms with E-state index in [1.807, 2.05) is 48.1 Å². The van der Waals surface area contributed by atoms with Gasteiger partial charge in [0.15, 0.2) is 0 Å². The van der Waals surface area contributed by atoms with Crippen LogP contribution in [-0.2, 0) is 0 Å². The van der Waals surface area contributed by atoms with Gasteiger partial charge in [-0.1, -0.05) is 6.07 Å². The Kier molecular flexibility index (Phi) is 2.68. The zero-order chi connectivity index (χ0) is 12.4. The van der Waals surface area contributed by atoms with Gasteiger partial charge in [-0.2, -0.15) is 5.10 Å². The van der Waals surface area contributed by atoms with E-state index in [0.717, 1.165) is 16.6 Å². The molecule has 0 N–H and O–H groups in total. The fourth-order valence-electron chi connectivity index (χ4n) is 1.88. The van der Waals surface area contributed by atoms with Crippen molar-refractivity contribution in [3.63, 3.8) is 0 Å². The van der Waals surface area contributed by atoms with Gasteiger partial charge in [-0.3, -0.25) is 0 Å². The van der Waals surface area contributed by atoms with Crippen LogP contribution in [-0.4, -0.2) is 21.4 Å². The molecule has 0 bridgehead atoms. The third-order valence-corrected chi connectivity index (χ3v) is 2.67. The molecule has 0 amide bonds. The zero-order valence-corrected chi connectivity index (χ0v) is 10.00. The number of aromatic nitrogens is 3. The van der Waals surface area contributed by atoms with Gasteiger partial charge < -0.3 is 4.74 Å². The van der Waals surface area contributed by atoms with Crippen LogP contribution in [0.1, 0.15) is 6.92 Å². The lowest BCUT2D eigenvalue weighted by Gasteiger charge is -2.06. The molecule has 4 nitrogen and oxygen atoms in total. The van der Waals surface area contributed by atoms with E-state index in [0.29, 0.717) is 12.5 Å². The summed E-state index contributed by atoms with van der Waals surface area (Å²) in [4.78, 5) is 4.15. The first kappa shape index (κ1) is 10.8. The normalized spacial score (nSPS) is 10.7. The predicted octanol–water partition coefficient (Wildman–Crippen LogP) is 2.62. The van der Waals surface area contributed by atoms with Gasteiger partial charge in [-0.25, -0.2) is 9.67 Å². The molecular formula is C14H12N3O. The molecule has 0 atom stereocenters. The fraction of sp³-hybridized carbons (Fsp3) is 0.143. The number of fused-ring (bicyclic) bond motifs is 1. The van der Waals surface area contributed by atoms with E-state index >= 15 is 0 Å². The quantitative estimate of drug-likeness (QED) is 0.704. The van der Waals surface area contributed by atoms with Crippen LogP contribution in [0, 0.1) is 6.07 Å². The summed E-state index contributed by atoms with van der Waals surface area (Å²) in [6.45, 7) is 2.54. The van der Waals surface area contributed by atoms with Crippen LogP contribution in [0.15, 0.2) is 42.7 Å². The predicted molar refractivity (Wildman–Crippen MR) is 68.9 cm³/mol. The Bertz CT molecular complexity index is 675. The number of hydrogen-bond acceptors (Lipinski definition) is 3. The molecule has 3 aromatic rings. The van der Waals surface area contributed by atoms with Crippen molar-refractivity contribution >= 4 is 10.9 Å². The van der Waals surface area contributed by atoms with Crippen LogP contribution >= 0.6 is 0 Å². The molecule has 1 radical (unpaired) electrons. The van der Waals surface area contributed by atoms with Gasteiger partial charge in [-0.05, 0) is 31.2 Å². The van der Waals surface area contributed by atoms with Crippen LogP contribution in [0.25, 0.3) is 16.6 Å². The second-order valence-electron chi connectivity index (χ2n) is 3.83. The van der Waals surface area contributed by atoms with Crippen molar-refractivity contribution in [3.05, 3.63) is 48.8 Å². The highest BCUT2D eigenvalue weighted by Gasteiger charge is 2.05. The number of pyridine rings is 1. The first-order valence-electron chi connectivity index (χ1n) is 5.81. The lowest BCUT2D eigenvalue weighted by atomic mass is 10.2.